The maximum absolute atomic E-state index is 11.4. The molecule has 6 heteroatoms. The number of halogens is 2. The quantitative estimate of drug-likeness (QED) is 0.628. The molecular weight excluding hydrogens is 367 g/mol. The molecule has 2 aromatic carbocycles. The predicted octanol–water partition coefficient (Wildman–Crippen LogP) is 5.62. The van der Waals surface area contributed by atoms with Gasteiger partial charge in [-0.25, -0.2) is 4.79 Å². The zero-order valence-corrected chi connectivity index (χ0v) is 15.7. The summed E-state index contributed by atoms with van der Waals surface area (Å²) < 4.78 is 5.55. The van der Waals surface area contributed by atoms with E-state index in [-0.39, 0.29) is 0 Å². The van der Waals surface area contributed by atoms with Crippen molar-refractivity contribution in [1.82, 2.24) is 0 Å². The summed E-state index contributed by atoms with van der Waals surface area (Å²) in [6.45, 7) is 4.08. The maximum atomic E-state index is 11.4. The van der Waals surface area contributed by atoms with E-state index in [2.05, 4.69) is 18.2 Å². The van der Waals surface area contributed by atoms with Crippen LogP contribution in [0, 0.1) is 13.8 Å². The van der Waals surface area contributed by atoms with Gasteiger partial charge in [0, 0.05) is 23.1 Å². The average molecular weight is 385 g/mol. The summed E-state index contributed by atoms with van der Waals surface area (Å²) in [7, 11) is 0. The van der Waals surface area contributed by atoms with Gasteiger partial charge in [0.2, 0.25) is 0 Å². The molecule has 1 N–H and O–H groups in total. The second-order valence-corrected chi connectivity index (χ2v) is 7.38. The zero-order valence-electron chi connectivity index (χ0n) is 13.4. The van der Waals surface area contributed by atoms with Crippen molar-refractivity contribution in [3.63, 3.8) is 0 Å². The Morgan fingerprint density at radius 3 is 2.58 bits per heavy atom. The average Bonchev–Trinajstić information content (AvgIpc) is 2.53. The molecule has 0 aromatic heterocycles. The number of benzene rings is 2. The Balaban J connectivity index is 1.97. The highest BCUT2D eigenvalue weighted by Crippen LogP contribution is 2.28. The molecule has 128 valence electrons. The Bertz CT molecular complexity index is 734. The van der Waals surface area contributed by atoms with E-state index in [9.17, 15) is 9.90 Å². The molecule has 24 heavy (non-hydrogen) atoms. The number of thioether (sulfide) groups is 1. The molecule has 0 amide bonds. The fraction of sp³-hybridized carbons (Fsp3) is 0.278. The van der Waals surface area contributed by atoms with Crippen LogP contribution in [0.15, 0.2) is 41.3 Å². The number of carboxylic acids is 1. The Kier molecular flexibility index (Phi) is 6.84. The van der Waals surface area contributed by atoms with Crippen molar-refractivity contribution in [3.05, 3.63) is 57.6 Å². The third kappa shape index (κ3) is 5.33. The molecule has 2 aromatic rings. The minimum absolute atomic E-state index is 0.336. The summed E-state index contributed by atoms with van der Waals surface area (Å²) in [5, 5.41) is 10.1. The Morgan fingerprint density at radius 1 is 1.17 bits per heavy atom. The van der Waals surface area contributed by atoms with E-state index in [4.69, 9.17) is 27.9 Å². The van der Waals surface area contributed by atoms with Crippen LogP contribution in [0.2, 0.25) is 10.0 Å². The number of rotatable bonds is 7. The van der Waals surface area contributed by atoms with Crippen LogP contribution in [0.1, 0.15) is 17.5 Å². The number of aliphatic carboxylic acids is 1. The molecular formula is C18H18Cl2O3S. The van der Waals surface area contributed by atoms with Crippen molar-refractivity contribution in [2.45, 2.75) is 31.3 Å². The summed E-state index contributed by atoms with van der Waals surface area (Å²) in [6.07, 6.45) is -0.548. The van der Waals surface area contributed by atoms with Gasteiger partial charge in [-0.05, 0) is 37.6 Å². The van der Waals surface area contributed by atoms with Gasteiger partial charge in [-0.15, -0.1) is 11.8 Å². The number of aryl methyl sites for hydroxylation is 2. The van der Waals surface area contributed by atoms with Crippen molar-refractivity contribution in [2.75, 3.05) is 5.75 Å². The van der Waals surface area contributed by atoms with Crippen LogP contribution in [0.25, 0.3) is 0 Å². The first-order chi connectivity index (χ1) is 11.4. The Hall–Kier alpha value is -1.36. The van der Waals surface area contributed by atoms with Gasteiger partial charge >= 0.3 is 5.97 Å². The van der Waals surface area contributed by atoms with Gasteiger partial charge < -0.3 is 9.84 Å². The number of carboxylic acid groups (broad SMARTS) is 1. The van der Waals surface area contributed by atoms with E-state index in [1.165, 1.54) is 17.2 Å². The maximum Gasteiger partial charge on any atom is 0.344 e. The molecule has 2 rings (SSSR count). The van der Waals surface area contributed by atoms with Crippen LogP contribution in [0.5, 0.6) is 5.75 Å². The first-order valence-electron chi connectivity index (χ1n) is 7.41. The van der Waals surface area contributed by atoms with E-state index in [0.29, 0.717) is 28.0 Å². The topological polar surface area (TPSA) is 46.5 Å². The van der Waals surface area contributed by atoms with Gasteiger partial charge in [0.25, 0.3) is 0 Å². The monoisotopic (exact) mass is 384 g/mol. The largest absolute Gasteiger partial charge is 0.479 e. The minimum atomic E-state index is -0.998. The van der Waals surface area contributed by atoms with Gasteiger partial charge in [-0.1, -0.05) is 40.9 Å². The van der Waals surface area contributed by atoms with Crippen LogP contribution in [0.4, 0.5) is 0 Å². The summed E-state index contributed by atoms with van der Waals surface area (Å²) >= 11 is 13.4. The molecule has 0 aliphatic heterocycles. The molecule has 0 spiro atoms. The van der Waals surface area contributed by atoms with Crippen LogP contribution in [-0.2, 0) is 4.79 Å². The number of ether oxygens (including phenoxy) is 1. The third-order valence-corrected chi connectivity index (χ3v) is 5.36. The first-order valence-corrected chi connectivity index (χ1v) is 9.15. The van der Waals surface area contributed by atoms with E-state index in [1.54, 1.807) is 23.9 Å². The molecule has 0 aliphatic carbocycles. The lowest BCUT2D eigenvalue weighted by Gasteiger charge is -2.16. The Morgan fingerprint density at radius 2 is 1.92 bits per heavy atom. The normalized spacial score (nSPS) is 12.0. The summed E-state index contributed by atoms with van der Waals surface area (Å²) in [4.78, 5) is 12.6. The van der Waals surface area contributed by atoms with Gasteiger partial charge in [0.15, 0.2) is 6.10 Å². The lowest BCUT2D eigenvalue weighted by molar-refractivity contribution is -0.145. The van der Waals surface area contributed by atoms with Gasteiger partial charge in [-0.2, -0.15) is 0 Å². The number of hydrogen-bond acceptors (Lipinski definition) is 3. The standard InChI is InChI=1S/C18H18Cl2O3S/c1-11-3-4-12(2)17(9-11)24-8-7-16(18(21)22)23-13-5-6-14(19)15(20)10-13/h3-6,9-10,16H,7-8H2,1-2H3,(H,21,22). The molecule has 0 heterocycles. The summed E-state index contributed by atoms with van der Waals surface area (Å²) in [5.41, 5.74) is 2.37. The van der Waals surface area contributed by atoms with Gasteiger partial charge in [0.1, 0.15) is 5.75 Å². The smallest absolute Gasteiger partial charge is 0.344 e. The molecule has 0 radical (unpaired) electrons. The second-order valence-electron chi connectivity index (χ2n) is 5.43. The molecule has 1 unspecified atom stereocenters. The minimum Gasteiger partial charge on any atom is -0.479 e. The summed E-state index contributed by atoms with van der Waals surface area (Å²) in [5.74, 6) is 0.0407. The number of carbonyl (C=O) groups is 1. The van der Waals surface area contributed by atoms with E-state index in [1.807, 2.05) is 13.8 Å². The SMILES string of the molecule is Cc1ccc(C)c(SCCC(Oc2ccc(Cl)c(Cl)c2)C(=O)O)c1. The predicted molar refractivity (Wildman–Crippen MR) is 99.8 cm³/mol. The molecule has 3 nitrogen and oxygen atoms in total. The fourth-order valence-electron chi connectivity index (χ4n) is 2.09. The molecule has 0 saturated heterocycles. The van der Waals surface area contributed by atoms with Crippen LogP contribution in [0.3, 0.4) is 0 Å². The van der Waals surface area contributed by atoms with Crippen LogP contribution in [-0.4, -0.2) is 22.9 Å². The Labute approximate surface area is 155 Å². The van der Waals surface area contributed by atoms with Gasteiger partial charge in [0.05, 0.1) is 10.0 Å². The third-order valence-electron chi connectivity index (χ3n) is 3.43. The number of hydrogen-bond donors (Lipinski definition) is 1. The first kappa shape index (κ1) is 19.0. The van der Waals surface area contributed by atoms with E-state index in [0.717, 1.165) is 4.90 Å². The van der Waals surface area contributed by atoms with Crippen molar-refractivity contribution in [1.29, 1.82) is 0 Å². The van der Waals surface area contributed by atoms with Crippen LogP contribution < -0.4 is 4.74 Å². The lowest BCUT2D eigenvalue weighted by atomic mass is 10.2. The molecule has 0 bridgehead atoms. The van der Waals surface area contributed by atoms with Crippen molar-refractivity contribution in [2.24, 2.45) is 0 Å². The van der Waals surface area contributed by atoms with Gasteiger partial charge in [-0.3, -0.25) is 0 Å². The highest BCUT2D eigenvalue weighted by atomic mass is 35.5. The molecule has 0 saturated carbocycles. The lowest BCUT2D eigenvalue weighted by Crippen LogP contribution is -2.27. The van der Waals surface area contributed by atoms with Crippen molar-refractivity contribution < 1.29 is 14.6 Å². The zero-order chi connectivity index (χ0) is 17.7. The highest BCUT2D eigenvalue weighted by Gasteiger charge is 2.20. The fourth-order valence-corrected chi connectivity index (χ4v) is 3.49. The molecule has 0 fully saturated rings. The van der Waals surface area contributed by atoms with E-state index >= 15 is 0 Å². The van der Waals surface area contributed by atoms with E-state index < -0.39 is 12.1 Å². The summed E-state index contributed by atoms with van der Waals surface area (Å²) in [6, 6.07) is 11.0. The molecule has 0 aliphatic rings. The van der Waals surface area contributed by atoms with Crippen LogP contribution >= 0.6 is 35.0 Å². The second kappa shape index (κ2) is 8.65. The van der Waals surface area contributed by atoms with Crippen molar-refractivity contribution >= 4 is 40.9 Å². The van der Waals surface area contributed by atoms with Crippen molar-refractivity contribution in [3.8, 4) is 5.75 Å². The molecule has 1 atom stereocenters. The highest BCUT2D eigenvalue weighted by molar-refractivity contribution is 7.99.